The minimum Gasteiger partial charge on any atom is -0.480 e. The molecule has 2 heterocycles. The Morgan fingerprint density at radius 2 is 2.20 bits per heavy atom. The number of anilines is 1. The number of fused-ring (bicyclic) bond motifs is 1. The maximum atomic E-state index is 11.4. The van der Waals surface area contributed by atoms with Crippen molar-refractivity contribution in [1.29, 1.82) is 0 Å². The first kappa shape index (κ1) is 13.4. The van der Waals surface area contributed by atoms with Crippen molar-refractivity contribution in [3.63, 3.8) is 0 Å². The summed E-state index contributed by atoms with van der Waals surface area (Å²) in [6, 6.07) is 3.82. The molecule has 1 saturated heterocycles. The van der Waals surface area contributed by atoms with Crippen LogP contribution in [0.5, 0.6) is 0 Å². The van der Waals surface area contributed by atoms with Gasteiger partial charge in [0.1, 0.15) is 6.04 Å². The summed E-state index contributed by atoms with van der Waals surface area (Å²) in [6.45, 7) is 4.92. The zero-order chi connectivity index (χ0) is 14.3. The fraction of sp³-hybridized carbons (Fsp3) is 0.467. The average molecular weight is 290 g/mol. The fourth-order valence-corrected chi connectivity index (χ4v) is 4.12. The van der Waals surface area contributed by atoms with Gasteiger partial charge in [-0.2, -0.15) is 0 Å². The van der Waals surface area contributed by atoms with E-state index in [2.05, 4.69) is 26.0 Å². The van der Waals surface area contributed by atoms with Crippen molar-refractivity contribution < 1.29 is 9.90 Å². The molecule has 5 heteroatoms. The first-order valence-electron chi connectivity index (χ1n) is 6.93. The second-order valence-electron chi connectivity index (χ2n) is 5.47. The van der Waals surface area contributed by atoms with Crippen molar-refractivity contribution in [2.24, 2.45) is 0 Å². The minimum absolute atomic E-state index is 0.425. The number of hydrogen-bond donors (Lipinski definition) is 1. The Morgan fingerprint density at radius 3 is 2.95 bits per heavy atom. The zero-order valence-corrected chi connectivity index (χ0v) is 12.5. The van der Waals surface area contributed by atoms with E-state index in [0.717, 1.165) is 40.3 Å². The topological polar surface area (TPSA) is 53.4 Å². The SMILES string of the molecule is Cc1cc(C)c2nc(N3CCCCC3C(=O)O)sc2c1. The van der Waals surface area contributed by atoms with Crippen molar-refractivity contribution in [1.82, 2.24) is 4.98 Å². The summed E-state index contributed by atoms with van der Waals surface area (Å²) in [7, 11) is 0. The van der Waals surface area contributed by atoms with Gasteiger partial charge in [-0.3, -0.25) is 0 Å². The number of carboxylic acid groups (broad SMARTS) is 1. The molecule has 1 fully saturated rings. The average Bonchev–Trinajstić information content (AvgIpc) is 2.82. The molecule has 1 aliphatic heterocycles. The standard InChI is InChI=1S/C15H18N2O2S/c1-9-7-10(2)13-12(8-9)20-15(16-13)17-6-4-3-5-11(17)14(18)19/h7-8,11H,3-6H2,1-2H3,(H,18,19). The van der Waals surface area contributed by atoms with E-state index >= 15 is 0 Å². The molecule has 1 unspecified atom stereocenters. The fourth-order valence-electron chi connectivity index (χ4n) is 2.90. The van der Waals surface area contributed by atoms with Gasteiger partial charge in [-0.1, -0.05) is 17.4 Å². The molecule has 0 bridgehead atoms. The number of rotatable bonds is 2. The second kappa shape index (κ2) is 5.05. The Labute approximate surface area is 122 Å². The minimum atomic E-state index is -0.739. The highest BCUT2D eigenvalue weighted by molar-refractivity contribution is 7.22. The van der Waals surface area contributed by atoms with E-state index in [4.69, 9.17) is 4.98 Å². The molecule has 4 nitrogen and oxygen atoms in total. The van der Waals surface area contributed by atoms with Crippen LogP contribution < -0.4 is 4.90 Å². The molecule has 0 saturated carbocycles. The molecular formula is C15H18N2O2S. The van der Waals surface area contributed by atoms with E-state index < -0.39 is 12.0 Å². The van der Waals surface area contributed by atoms with Crippen LogP contribution in [0.1, 0.15) is 30.4 Å². The molecule has 1 aromatic heterocycles. The normalized spacial score (nSPS) is 19.5. The summed E-state index contributed by atoms with van der Waals surface area (Å²) in [6.07, 6.45) is 2.73. The number of hydrogen-bond acceptors (Lipinski definition) is 4. The van der Waals surface area contributed by atoms with Gasteiger partial charge in [0.05, 0.1) is 10.2 Å². The molecule has 0 radical (unpaired) electrons. The van der Waals surface area contributed by atoms with Crippen molar-refractivity contribution in [3.05, 3.63) is 23.3 Å². The number of carbonyl (C=O) groups is 1. The van der Waals surface area contributed by atoms with Crippen LogP contribution in [-0.4, -0.2) is 28.6 Å². The van der Waals surface area contributed by atoms with Crippen LogP contribution in [0.2, 0.25) is 0 Å². The highest BCUT2D eigenvalue weighted by atomic mass is 32.1. The van der Waals surface area contributed by atoms with Gasteiger partial charge in [0, 0.05) is 6.54 Å². The van der Waals surface area contributed by atoms with Crippen molar-refractivity contribution in [2.75, 3.05) is 11.4 Å². The van der Waals surface area contributed by atoms with Gasteiger partial charge in [-0.05, 0) is 50.3 Å². The van der Waals surface area contributed by atoms with E-state index in [0.29, 0.717) is 6.42 Å². The number of carboxylic acids is 1. The number of aryl methyl sites for hydroxylation is 2. The molecule has 1 aliphatic rings. The Bertz CT molecular complexity index is 665. The summed E-state index contributed by atoms with van der Waals surface area (Å²) < 4.78 is 1.15. The Hall–Kier alpha value is -1.62. The van der Waals surface area contributed by atoms with Crippen LogP contribution in [-0.2, 0) is 4.79 Å². The van der Waals surface area contributed by atoms with Gasteiger partial charge in [0.2, 0.25) is 0 Å². The Balaban J connectivity index is 2.04. The molecule has 106 valence electrons. The van der Waals surface area contributed by atoms with E-state index in [1.807, 2.05) is 4.90 Å². The number of piperidine rings is 1. The maximum Gasteiger partial charge on any atom is 0.326 e. The summed E-state index contributed by atoms with van der Waals surface area (Å²) in [5, 5.41) is 10.2. The van der Waals surface area contributed by atoms with E-state index in [1.165, 1.54) is 5.56 Å². The number of aliphatic carboxylic acids is 1. The molecule has 1 aromatic carbocycles. The first-order chi connectivity index (χ1) is 9.56. The highest BCUT2D eigenvalue weighted by Crippen LogP contribution is 2.34. The Kier molecular flexibility index (Phi) is 3.38. The predicted octanol–water partition coefficient (Wildman–Crippen LogP) is 3.36. The third-order valence-corrected chi connectivity index (χ3v) is 4.89. The van der Waals surface area contributed by atoms with Crippen molar-refractivity contribution >= 4 is 32.7 Å². The van der Waals surface area contributed by atoms with Gasteiger partial charge < -0.3 is 10.0 Å². The lowest BCUT2D eigenvalue weighted by Crippen LogP contribution is -2.44. The molecule has 0 aliphatic carbocycles. The predicted molar refractivity (Wildman–Crippen MR) is 81.7 cm³/mol. The van der Waals surface area contributed by atoms with Gasteiger partial charge in [0.15, 0.2) is 5.13 Å². The first-order valence-corrected chi connectivity index (χ1v) is 7.75. The second-order valence-corrected chi connectivity index (χ2v) is 6.48. The number of thiazole rings is 1. The summed E-state index contributed by atoms with van der Waals surface area (Å²) >= 11 is 1.60. The summed E-state index contributed by atoms with van der Waals surface area (Å²) in [4.78, 5) is 18.1. The molecule has 0 amide bonds. The quantitative estimate of drug-likeness (QED) is 0.921. The highest BCUT2D eigenvalue weighted by Gasteiger charge is 2.30. The van der Waals surface area contributed by atoms with Gasteiger partial charge >= 0.3 is 5.97 Å². The van der Waals surface area contributed by atoms with Crippen molar-refractivity contribution in [3.8, 4) is 0 Å². The van der Waals surface area contributed by atoms with E-state index in [9.17, 15) is 9.90 Å². The lowest BCUT2D eigenvalue weighted by Gasteiger charge is -2.32. The zero-order valence-electron chi connectivity index (χ0n) is 11.7. The smallest absolute Gasteiger partial charge is 0.326 e. The lowest BCUT2D eigenvalue weighted by molar-refractivity contribution is -0.139. The molecule has 0 spiro atoms. The van der Waals surface area contributed by atoms with Gasteiger partial charge in [0.25, 0.3) is 0 Å². The van der Waals surface area contributed by atoms with Crippen molar-refractivity contribution in [2.45, 2.75) is 39.2 Å². The van der Waals surface area contributed by atoms with Crippen LogP contribution in [0.3, 0.4) is 0 Å². The van der Waals surface area contributed by atoms with Crippen LogP contribution in [0.15, 0.2) is 12.1 Å². The van der Waals surface area contributed by atoms with Gasteiger partial charge in [-0.25, -0.2) is 9.78 Å². The van der Waals surface area contributed by atoms with Crippen LogP contribution >= 0.6 is 11.3 Å². The summed E-state index contributed by atoms with van der Waals surface area (Å²) in [5.41, 5.74) is 3.38. The van der Waals surface area contributed by atoms with Gasteiger partial charge in [-0.15, -0.1) is 0 Å². The molecular weight excluding hydrogens is 272 g/mol. The molecule has 1 N–H and O–H groups in total. The number of benzene rings is 1. The van der Waals surface area contributed by atoms with E-state index in [-0.39, 0.29) is 0 Å². The lowest BCUT2D eigenvalue weighted by atomic mass is 10.0. The molecule has 1 atom stereocenters. The monoisotopic (exact) mass is 290 g/mol. The summed E-state index contributed by atoms with van der Waals surface area (Å²) in [5.74, 6) is -0.739. The van der Waals surface area contributed by atoms with Crippen LogP contribution in [0.4, 0.5) is 5.13 Å². The van der Waals surface area contributed by atoms with Crippen LogP contribution in [0.25, 0.3) is 10.2 Å². The third kappa shape index (κ3) is 2.26. The number of aromatic nitrogens is 1. The molecule has 2 aromatic rings. The molecule has 20 heavy (non-hydrogen) atoms. The Morgan fingerprint density at radius 1 is 1.40 bits per heavy atom. The van der Waals surface area contributed by atoms with E-state index in [1.54, 1.807) is 11.3 Å². The third-order valence-electron chi connectivity index (χ3n) is 3.85. The maximum absolute atomic E-state index is 11.4. The van der Waals surface area contributed by atoms with Crippen LogP contribution in [0, 0.1) is 13.8 Å². The number of nitrogens with zero attached hydrogens (tertiary/aromatic N) is 2. The largest absolute Gasteiger partial charge is 0.480 e. The molecule has 3 rings (SSSR count).